The largest absolute Gasteiger partial charge is 0.487 e. The third-order valence-electron chi connectivity index (χ3n) is 0.218. The van der Waals surface area contributed by atoms with Gasteiger partial charge >= 0.3 is 0 Å². The predicted molar refractivity (Wildman–Crippen MR) is 24.3 cm³/mol. The topological polar surface area (TPSA) is 32.3 Å². The van der Waals surface area contributed by atoms with E-state index in [1.165, 1.54) is 0 Å². The molecule has 0 amide bonds. The molecular weight excluding hydrogens is 105 g/mol. The van der Waals surface area contributed by atoms with E-state index < -0.39 is 12.0 Å². The first-order valence-corrected chi connectivity index (χ1v) is 1.71. The van der Waals surface area contributed by atoms with E-state index in [1.54, 1.807) is 0 Å². The Hall–Kier alpha value is -0.380. The SMILES string of the molecule is OC(=S)NCF. The second-order valence-electron chi connectivity index (χ2n) is 0.616. The Bertz CT molecular complexity index is 57.5. The number of halogens is 1. The number of alkyl halides is 1. The lowest BCUT2D eigenvalue weighted by atomic mass is 11.1. The molecule has 0 fully saturated rings. The quantitative estimate of drug-likeness (QED) is 0.376. The fourth-order valence-electron chi connectivity index (χ4n) is 0.0572. The number of rotatable bonds is 1. The molecule has 36 valence electrons. The summed E-state index contributed by atoms with van der Waals surface area (Å²) >= 11 is 4.00. The standard InChI is InChI=1S/C2H4FNOS/c3-1-4-2(5)6/h1H2,(H2,4,5,6). The van der Waals surface area contributed by atoms with E-state index in [1.807, 2.05) is 5.32 Å². The Morgan fingerprint density at radius 3 is 2.50 bits per heavy atom. The van der Waals surface area contributed by atoms with Crippen molar-refractivity contribution in [2.75, 3.05) is 6.80 Å². The first kappa shape index (κ1) is 5.62. The third kappa shape index (κ3) is 3.62. The van der Waals surface area contributed by atoms with Crippen molar-refractivity contribution < 1.29 is 9.50 Å². The highest BCUT2D eigenvalue weighted by molar-refractivity contribution is 7.79. The second-order valence-corrected chi connectivity index (χ2v) is 1.00. The molecule has 2 N–H and O–H groups in total. The van der Waals surface area contributed by atoms with Gasteiger partial charge in [-0.05, 0) is 12.2 Å². The fraction of sp³-hybridized carbons (Fsp3) is 0.500. The van der Waals surface area contributed by atoms with Gasteiger partial charge in [0.1, 0.15) is 0 Å². The second kappa shape index (κ2) is 2.84. The average molecular weight is 109 g/mol. The van der Waals surface area contributed by atoms with Crippen LogP contribution in [0.1, 0.15) is 0 Å². The number of hydrogen-bond acceptors (Lipinski definition) is 1. The molecule has 0 aliphatic carbocycles. The van der Waals surface area contributed by atoms with Gasteiger partial charge in [-0.15, -0.1) is 0 Å². The fourth-order valence-corrected chi connectivity index (χ4v) is 0.112. The van der Waals surface area contributed by atoms with Crippen LogP contribution in [0.4, 0.5) is 4.39 Å². The van der Waals surface area contributed by atoms with Crippen LogP contribution < -0.4 is 5.32 Å². The van der Waals surface area contributed by atoms with Gasteiger partial charge in [-0.3, -0.25) is 0 Å². The molecule has 0 aromatic rings. The molecule has 0 aliphatic heterocycles. The van der Waals surface area contributed by atoms with Gasteiger partial charge in [0, 0.05) is 0 Å². The minimum absolute atomic E-state index is 0.502. The molecule has 0 radical (unpaired) electrons. The molecule has 4 heteroatoms. The highest BCUT2D eigenvalue weighted by Crippen LogP contribution is 1.59. The number of hydrogen-bond donors (Lipinski definition) is 2. The molecule has 0 aromatic heterocycles. The number of aliphatic hydroxyl groups excluding tert-OH is 1. The molecule has 0 aliphatic rings. The van der Waals surface area contributed by atoms with Gasteiger partial charge in [0.25, 0.3) is 5.17 Å². The summed E-state index contributed by atoms with van der Waals surface area (Å²) in [7, 11) is 0. The molecule has 0 aromatic carbocycles. The van der Waals surface area contributed by atoms with Crippen molar-refractivity contribution in [3.63, 3.8) is 0 Å². The Kier molecular flexibility index (Phi) is 2.66. The van der Waals surface area contributed by atoms with Gasteiger partial charge in [-0.1, -0.05) is 0 Å². The van der Waals surface area contributed by atoms with E-state index in [2.05, 4.69) is 12.2 Å². The monoisotopic (exact) mass is 109 g/mol. The Morgan fingerprint density at radius 1 is 2.00 bits per heavy atom. The smallest absolute Gasteiger partial charge is 0.256 e. The minimum atomic E-state index is -0.810. The molecule has 0 rings (SSSR count). The van der Waals surface area contributed by atoms with E-state index in [0.29, 0.717) is 0 Å². The lowest BCUT2D eigenvalue weighted by molar-refractivity contribution is 0.438. The third-order valence-corrected chi connectivity index (χ3v) is 0.362. The van der Waals surface area contributed by atoms with Crippen molar-refractivity contribution in [2.45, 2.75) is 0 Å². The van der Waals surface area contributed by atoms with Crippen LogP contribution >= 0.6 is 12.2 Å². The molecule has 0 atom stereocenters. The van der Waals surface area contributed by atoms with Gasteiger partial charge in [-0.2, -0.15) is 0 Å². The molecule has 0 heterocycles. The summed E-state index contributed by atoms with van der Waals surface area (Å²) in [6.45, 7) is -0.810. The number of nitrogens with one attached hydrogen (secondary N) is 1. The van der Waals surface area contributed by atoms with Gasteiger partial charge in [-0.25, -0.2) is 4.39 Å². The van der Waals surface area contributed by atoms with Crippen LogP contribution in [0.5, 0.6) is 0 Å². The summed E-state index contributed by atoms with van der Waals surface area (Å²) in [6.07, 6.45) is 0. The van der Waals surface area contributed by atoms with E-state index in [9.17, 15) is 4.39 Å². The Balaban J connectivity index is 2.83. The van der Waals surface area contributed by atoms with Gasteiger partial charge in [0.2, 0.25) is 0 Å². The molecule has 2 nitrogen and oxygen atoms in total. The summed E-state index contributed by atoms with van der Waals surface area (Å²) in [6, 6.07) is 0. The molecule has 0 saturated carbocycles. The number of thiocarbonyl (C=S) groups is 1. The maximum absolute atomic E-state index is 10.9. The van der Waals surface area contributed by atoms with Crippen molar-refractivity contribution in [3.8, 4) is 0 Å². The van der Waals surface area contributed by atoms with Crippen molar-refractivity contribution in [1.82, 2.24) is 5.32 Å². The van der Waals surface area contributed by atoms with Crippen molar-refractivity contribution in [2.24, 2.45) is 0 Å². The normalized spacial score (nSPS) is 7.50. The first-order valence-electron chi connectivity index (χ1n) is 1.30. The van der Waals surface area contributed by atoms with Crippen LogP contribution in [0.3, 0.4) is 0 Å². The van der Waals surface area contributed by atoms with Crippen LogP contribution in [0.25, 0.3) is 0 Å². The van der Waals surface area contributed by atoms with Crippen LogP contribution in [0.2, 0.25) is 0 Å². The summed E-state index contributed by atoms with van der Waals surface area (Å²) in [5.74, 6) is 0. The maximum Gasteiger partial charge on any atom is 0.256 e. The highest BCUT2D eigenvalue weighted by atomic mass is 32.1. The van der Waals surface area contributed by atoms with Crippen LogP contribution in [-0.4, -0.2) is 17.1 Å². The molecule has 0 bridgehead atoms. The zero-order valence-electron chi connectivity index (χ0n) is 2.94. The van der Waals surface area contributed by atoms with Gasteiger partial charge in [0.15, 0.2) is 6.80 Å². The minimum Gasteiger partial charge on any atom is -0.487 e. The lowest BCUT2D eigenvalue weighted by Gasteiger charge is -1.88. The first-order chi connectivity index (χ1) is 2.77. The highest BCUT2D eigenvalue weighted by Gasteiger charge is 1.79. The Labute approximate surface area is 40.0 Å². The van der Waals surface area contributed by atoms with Crippen molar-refractivity contribution in [3.05, 3.63) is 0 Å². The summed E-state index contributed by atoms with van der Waals surface area (Å²) < 4.78 is 10.9. The van der Waals surface area contributed by atoms with Gasteiger partial charge in [0.05, 0.1) is 0 Å². The van der Waals surface area contributed by atoms with Gasteiger partial charge < -0.3 is 10.4 Å². The van der Waals surface area contributed by atoms with Crippen LogP contribution in [-0.2, 0) is 0 Å². The van der Waals surface area contributed by atoms with E-state index in [4.69, 9.17) is 5.11 Å². The average Bonchev–Trinajstić information content (AvgIpc) is 1.35. The summed E-state index contributed by atoms with van der Waals surface area (Å²) in [5.41, 5.74) is 0. The van der Waals surface area contributed by atoms with Crippen LogP contribution in [0.15, 0.2) is 0 Å². The summed E-state index contributed by atoms with van der Waals surface area (Å²) in [4.78, 5) is 0. The van der Waals surface area contributed by atoms with E-state index in [0.717, 1.165) is 0 Å². The van der Waals surface area contributed by atoms with Crippen molar-refractivity contribution in [1.29, 1.82) is 0 Å². The molecule has 6 heavy (non-hydrogen) atoms. The molecule has 0 spiro atoms. The van der Waals surface area contributed by atoms with Crippen molar-refractivity contribution >= 4 is 17.4 Å². The summed E-state index contributed by atoms with van der Waals surface area (Å²) in [5, 5.41) is 9.26. The zero-order chi connectivity index (χ0) is 4.99. The molecular formula is C2H4FNOS. The maximum atomic E-state index is 10.9. The van der Waals surface area contributed by atoms with Crippen LogP contribution in [0, 0.1) is 0 Å². The predicted octanol–water partition coefficient (Wildman–Crippen LogP) is 0.346. The molecule has 0 unspecified atom stereocenters. The molecule has 0 saturated heterocycles. The lowest BCUT2D eigenvalue weighted by Crippen LogP contribution is -2.18. The van der Waals surface area contributed by atoms with E-state index >= 15 is 0 Å². The number of aliphatic hydroxyl groups is 1. The zero-order valence-corrected chi connectivity index (χ0v) is 3.76. The van der Waals surface area contributed by atoms with E-state index in [-0.39, 0.29) is 0 Å². The Morgan fingerprint density at radius 2 is 2.50 bits per heavy atom.